The molecule has 0 saturated heterocycles. The van der Waals surface area contributed by atoms with E-state index in [-0.39, 0.29) is 24.1 Å². The highest BCUT2D eigenvalue weighted by atomic mass is 16.5. The zero-order valence-corrected chi connectivity index (χ0v) is 10.6. The van der Waals surface area contributed by atoms with Gasteiger partial charge >= 0.3 is 5.97 Å². The van der Waals surface area contributed by atoms with Gasteiger partial charge in [-0.2, -0.15) is 0 Å². The van der Waals surface area contributed by atoms with Crippen molar-refractivity contribution in [3.05, 3.63) is 29.8 Å². The van der Waals surface area contributed by atoms with Crippen LogP contribution in [0.1, 0.15) is 24.8 Å². The normalized spacial score (nSPS) is 13.1. The monoisotopic (exact) mass is 250 g/mol. The number of rotatable bonds is 5. The molecule has 0 heterocycles. The lowest BCUT2D eigenvalue weighted by Crippen LogP contribution is -2.25. The molecule has 1 aromatic rings. The molecule has 0 fully saturated rings. The van der Waals surface area contributed by atoms with E-state index in [1.807, 2.05) is 0 Å². The summed E-state index contributed by atoms with van der Waals surface area (Å²) in [5, 5.41) is 9.25. The molecule has 5 nitrogen and oxygen atoms in total. The number of hydrogen-bond donors (Lipinski definition) is 2. The molecule has 1 unspecified atom stereocenters. The smallest absolute Gasteiger partial charge is 0.306 e. The van der Waals surface area contributed by atoms with Crippen LogP contribution in [-0.2, 0) is 9.53 Å². The van der Waals surface area contributed by atoms with E-state index in [9.17, 15) is 9.90 Å². The summed E-state index contributed by atoms with van der Waals surface area (Å²) in [6.45, 7) is 2.09. The highest BCUT2D eigenvalue weighted by Crippen LogP contribution is 2.22. The van der Waals surface area contributed by atoms with Gasteiger partial charge in [-0.15, -0.1) is 0 Å². The summed E-state index contributed by atoms with van der Waals surface area (Å²) in [7, 11) is 1.58. The maximum atomic E-state index is 11.5. The summed E-state index contributed by atoms with van der Waals surface area (Å²) in [5.41, 5.74) is 6.63. The Morgan fingerprint density at radius 3 is 2.56 bits per heavy atom. The standard InChI is InChI=1S/C13H18N2O3/c1-3-18-12(17)8-11(13(14)15-2)9-4-6-10(16)7-5-9/h4-7,11,16H,3,8H2,1-2H3,(H2,14,15). The Labute approximate surface area is 106 Å². The van der Waals surface area contributed by atoms with E-state index in [1.165, 1.54) is 0 Å². The molecular formula is C13H18N2O3. The number of ether oxygens (including phenoxy) is 1. The van der Waals surface area contributed by atoms with E-state index < -0.39 is 0 Å². The van der Waals surface area contributed by atoms with Crippen molar-refractivity contribution in [1.82, 2.24) is 0 Å². The van der Waals surface area contributed by atoms with Crippen LogP contribution in [0.2, 0.25) is 0 Å². The van der Waals surface area contributed by atoms with Gasteiger partial charge in [0, 0.05) is 7.05 Å². The highest BCUT2D eigenvalue weighted by Gasteiger charge is 2.20. The average Bonchev–Trinajstić information content (AvgIpc) is 2.36. The number of hydrogen-bond acceptors (Lipinski definition) is 4. The number of nitrogens with zero attached hydrogens (tertiary/aromatic N) is 1. The minimum absolute atomic E-state index is 0.141. The van der Waals surface area contributed by atoms with Crippen molar-refractivity contribution in [2.75, 3.05) is 13.7 Å². The van der Waals surface area contributed by atoms with Crippen molar-refractivity contribution in [3.8, 4) is 5.75 Å². The molecule has 1 atom stereocenters. The molecule has 1 rings (SSSR count). The molecule has 0 bridgehead atoms. The molecule has 3 N–H and O–H groups in total. The molecular weight excluding hydrogens is 232 g/mol. The molecule has 18 heavy (non-hydrogen) atoms. The van der Waals surface area contributed by atoms with Gasteiger partial charge in [-0.3, -0.25) is 9.79 Å². The van der Waals surface area contributed by atoms with Crippen LogP contribution < -0.4 is 5.73 Å². The molecule has 0 radical (unpaired) electrons. The van der Waals surface area contributed by atoms with E-state index in [4.69, 9.17) is 10.5 Å². The fraction of sp³-hybridized carbons (Fsp3) is 0.385. The number of aromatic hydroxyl groups is 1. The Kier molecular flexibility index (Phi) is 5.17. The highest BCUT2D eigenvalue weighted by molar-refractivity contribution is 5.91. The first-order chi connectivity index (χ1) is 8.58. The van der Waals surface area contributed by atoms with Crippen LogP contribution in [0.25, 0.3) is 0 Å². The van der Waals surface area contributed by atoms with Gasteiger partial charge < -0.3 is 15.6 Å². The Hall–Kier alpha value is -2.04. The minimum atomic E-state index is -0.324. The summed E-state index contributed by atoms with van der Waals surface area (Å²) in [6.07, 6.45) is 0.141. The van der Waals surface area contributed by atoms with Crippen LogP contribution in [0.15, 0.2) is 29.3 Å². The van der Waals surface area contributed by atoms with Crippen LogP contribution in [-0.4, -0.2) is 30.6 Å². The SMILES string of the molecule is CCOC(=O)CC(C(N)=NC)c1ccc(O)cc1. The Bertz CT molecular complexity index is 426. The number of amidine groups is 1. The first kappa shape index (κ1) is 14.0. The third-order valence-corrected chi connectivity index (χ3v) is 2.59. The first-order valence-electron chi connectivity index (χ1n) is 5.75. The predicted molar refractivity (Wildman–Crippen MR) is 69.6 cm³/mol. The summed E-state index contributed by atoms with van der Waals surface area (Å²) in [4.78, 5) is 15.5. The van der Waals surface area contributed by atoms with Crippen molar-refractivity contribution >= 4 is 11.8 Å². The fourth-order valence-corrected chi connectivity index (χ4v) is 1.64. The van der Waals surface area contributed by atoms with Crippen LogP contribution in [0.3, 0.4) is 0 Å². The number of aliphatic imine (C=N–C) groups is 1. The van der Waals surface area contributed by atoms with E-state index in [1.54, 1.807) is 38.2 Å². The summed E-state index contributed by atoms with van der Waals surface area (Å²) in [5.74, 6) is -0.105. The second-order valence-electron chi connectivity index (χ2n) is 3.80. The average molecular weight is 250 g/mol. The largest absolute Gasteiger partial charge is 0.508 e. The molecule has 0 amide bonds. The molecule has 5 heteroatoms. The van der Waals surface area contributed by atoms with Gasteiger partial charge in [0.2, 0.25) is 0 Å². The second-order valence-corrected chi connectivity index (χ2v) is 3.80. The molecule has 0 saturated carbocycles. The maximum absolute atomic E-state index is 11.5. The lowest BCUT2D eigenvalue weighted by molar-refractivity contribution is -0.143. The van der Waals surface area contributed by atoms with Crippen molar-refractivity contribution in [1.29, 1.82) is 0 Å². The Morgan fingerprint density at radius 2 is 2.06 bits per heavy atom. The number of carbonyl (C=O) groups excluding carboxylic acids is 1. The topological polar surface area (TPSA) is 84.9 Å². The van der Waals surface area contributed by atoms with Crippen LogP contribution in [0, 0.1) is 0 Å². The molecule has 0 aliphatic carbocycles. The third kappa shape index (κ3) is 3.76. The molecule has 98 valence electrons. The van der Waals surface area contributed by atoms with Gasteiger partial charge in [-0.05, 0) is 24.6 Å². The lowest BCUT2D eigenvalue weighted by Gasteiger charge is -2.16. The van der Waals surface area contributed by atoms with Crippen LogP contribution >= 0.6 is 0 Å². The van der Waals surface area contributed by atoms with E-state index in [0.717, 1.165) is 5.56 Å². The fourth-order valence-electron chi connectivity index (χ4n) is 1.64. The van der Waals surface area contributed by atoms with E-state index in [0.29, 0.717) is 12.4 Å². The number of benzene rings is 1. The van der Waals surface area contributed by atoms with Gasteiger partial charge in [0.15, 0.2) is 0 Å². The summed E-state index contributed by atoms with van der Waals surface area (Å²) >= 11 is 0. The third-order valence-electron chi connectivity index (χ3n) is 2.59. The first-order valence-corrected chi connectivity index (χ1v) is 5.75. The zero-order chi connectivity index (χ0) is 13.5. The van der Waals surface area contributed by atoms with Gasteiger partial charge in [-0.25, -0.2) is 0 Å². The van der Waals surface area contributed by atoms with E-state index >= 15 is 0 Å². The van der Waals surface area contributed by atoms with Crippen molar-refractivity contribution in [2.45, 2.75) is 19.3 Å². The van der Waals surface area contributed by atoms with Crippen molar-refractivity contribution in [3.63, 3.8) is 0 Å². The Balaban J connectivity index is 2.91. The molecule has 0 aliphatic heterocycles. The quantitative estimate of drug-likeness (QED) is 0.470. The molecule has 1 aromatic carbocycles. The number of nitrogens with two attached hydrogens (primary N) is 1. The van der Waals surface area contributed by atoms with Crippen molar-refractivity contribution < 1.29 is 14.6 Å². The number of phenols is 1. The van der Waals surface area contributed by atoms with Gasteiger partial charge in [-0.1, -0.05) is 12.1 Å². The van der Waals surface area contributed by atoms with Gasteiger partial charge in [0.05, 0.1) is 18.9 Å². The summed E-state index contributed by atoms with van der Waals surface area (Å²) < 4.78 is 4.91. The Morgan fingerprint density at radius 1 is 1.44 bits per heavy atom. The maximum Gasteiger partial charge on any atom is 0.306 e. The van der Waals surface area contributed by atoms with Gasteiger partial charge in [0.1, 0.15) is 11.6 Å². The molecule has 0 aliphatic rings. The molecule has 0 aromatic heterocycles. The van der Waals surface area contributed by atoms with Gasteiger partial charge in [0.25, 0.3) is 0 Å². The predicted octanol–water partition coefficient (Wildman–Crippen LogP) is 1.42. The minimum Gasteiger partial charge on any atom is -0.508 e. The molecule has 0 spiro atoms. The summed E-state index contributed by atoms with van der Waals surface area (Å²) in [6, 6.07) is 6.54. The zero-order valence-electron chi connectivity index (χ0n) is 10.6. The van der Waals surface area contributed by atoms with Crippen LogP contribution in [0.5, 0.6) is 5.75 Å². The van der Waals surface area contributed by atoms with Crippen LogP contribution in [0.4, 0.5) is 0 Å². The van der Waals surface area contributed by atoms with Crippen molar-refractivity contribution in [2.24, 2.45) is 10.7 Å². The lowest BCUT2D eigenvalue weighted by atomic mass is 9.94. The number of esters is 1. The number of carbonyl (C=O) groups is 1. The van der Waals surface area contributed by atoms with E-state index in [2.05, 4.69) is 4.99 Å². The second kappa shape index (κ2) is 6.64. The number of phenolic OH excluding ortho intramolecular Hbond substituents is 1.